The van der Waals surface area contributed by atoms with Crippen molar-refractivity contribution in [3.05, 3.63) is 23.8 Å². The minimum absolute atomic E-state index is 0.278. The third-order valence-electron chi connectivity index (χ3n) is 4.25. The van der Waals surface area contributed by atoms with Crippen LogP contribution in [-0.4, -0.2) is 30.2 Å². The van der Waals surface area contributed by atoms with Crippen molar-refractivity contribution in [2.75, 3.05) is 14.2 Å². The molecule has 106 valence electrons. The molecule has 2 unspecified atom stereocenters. The van der Waals surface area contributed by atoms with Crippen LogP contribution < -0.4 is 4.74 Å². The summed E-state index contributed by atoms with van der Waals surface area (Å²) in [6.07, 6.45) is 5.21. The molecule has 1 aromatic carbocycles. The molecular formula is C16H25NO2. The Hall–Kier alpha value is -1.22. The van der Waals surface area contributed by atoms with Crippen LogP contribution in [0, 0.1) is 5.92 Å². The van der Waals surface area contributed by atoms with Crippen molar-refractivity contribution in [2.24, 2.45) is 5.92 Å². The van der Waals surface area contributed by atoms with Crippen LogP contribution >= 0.6 is 0 Å². The van der Waals surface area contributed by atoms with Gasteiger partial charge in [-0.2, -0.15) is 0 Å². The highest BCUT2D eigenvalue weighted by atomic mass is 16.5. The number of nitrogens with zero attached hydrogens (tertiary/aromatic N) is 1. The van der Waals surface area contributed by atoms with Crippen molar-refractivity contribution < 1.29 is 9.84 Å². The van der Waals surface area contributed by atoms with Crippen LogP contribution in [0.5, 0.6) is 11.5 Å². The Bertz CT molecular complexity index is 419. The summed E-state index contributed by atoms with van der Waals surface area (Å²) in [5.41, 5.74) is 0.945. The molecular weight excluding hydrogens is 238 g/mol. The monoisotopic (exact) mass is 263 g/mol. The summed E-state index contributed by atoms with van der Waals surface area (Å²) in [7, 11) is 3.74. The fraction of sp³-hybridized carbons (Fsp3) is 0.625. The lowest BCUT2D eigenvalue weighted by Crippen LogP contribution is -2.35. The van der Waals surface area contributed by atoms with E-state index in [1.807, 2.05) is 12.1 Å². The van der Waals surface area contributed by atoms with E-state index in [1.54, 1.807) is 13.2 Å². The molecule has 0 saturated heterocycles. The SMILES string of the molecule is COc1cccc(CN(C)C2CCCC(C)C2)c1O. The molecule has 1 saturated carbocycles. The second kappa shape index (κ2) is 6.29. The fourth-order valence-electron chi connectivity index (χ4n) is 3.06. The van der Waals surface area contributed by atoms with Crippen LogP contribution in [0.1, 0.15) is 38.2 Å². The van der Waals surface area contributed by atoms with Crippen LogP contribution in [0.4, 0.5) is 0 Å². The number of para-hydroxylation sites is 1. The zero-order valence-electron chi connectivity index (χ0n) is 12.2. The molecule has 0 aliphatic heterocycles. The highest BCUT2D eigenvalue weighted by Crippen LogP contribution is 2.32. The van der Waals surface area contributed by atoms with Gasteiger partial charge >= 0.3 is 0 Å². The summed E-state index contributed by atoms with van der Waals surface area (Å²) in [6, 6.07) is 6.34. The zero-order valence-corrected chi connectivity index (χ0v) is 12.2. The summed E-state index contributed by atoms with van der Waals surface area (Å²) >= 11 is 0. The number of rotatable bonds is 4. The lowest BCUT2D eigenvalue weighted by molar-refractivity contribution is 0.156. The molecule has 1 aliphatic rings. The third-order valence-corrected chi connectivity index (χ3v) is 4.25. The standard InChI is InChI=1S/C16H25NO2/c1-12-6-4-8-14(10-12)17(2)11-13-7-5-9-15(19-3)16(13)18/h5,7,9,12,14,18H,4,6,8,10-11H2,1-3H3. The number of hydrogen-bond acceptors (Lipinski definition) is 3. The molecule has 3 heteroatoms. The first-order valence-electron chi connectivity index (χ1n) is 7.17. The second-order valence-corrected chi connectivity index (χ2v) is 5.81. The van der Waals surface area contributed by atoms with Gasteiger partial charge in [0.25, 0.3) is 0 Å². The number of phenolic OH excluding ortho intramolecular Hbond substituents is 1. The molecule has 0 amide bonds. The average Bonchev–Trinajstić information content (AvgIpc) is 2.41. The summed E-state index contributed by atoms with van der Waals surface area (Å²) in [4.78, 5) is 2.37. The molecule has 0 spiro atoms. The van der Waals surface area contributed by atoms with E-state index < -0.39 is 0 Å². The van der Waals surface area contributed by atoms with Crippen LogP contribution in [-0.2, 0) is 6.54 Å². The highest BCUT2D eigenvalue weighted by Gasteiger charge is 2.23. The van der Waals surface area contributed by atoms with E-state index in [4.69, 9.17) is 4.74 Å². The second-order valence-electron chi connectivity index (χ2n) is 5.81. The third kappa shape index (κ3) is 3.41. The van der Waals surface area contributed by atoms with Crippen LogP contribution in [0.25, 0.3) is 0 Å². The largest absolute Gasteiger partial charge is 0.504 e. The predicted molar refractivity (Wildman–Crippen MR) is 77.5 cm³/mol. The first-order chi connectivity index (χ1) is 9.11. The summed E-state index contributed by atoms with van der Waals surface area (Å²) in [6.45, 7) is 3.11. The van der Waals surface area contributed by atoms with Crippen LogP contribution in [0.15, 0.2) is 18.2 Å². The molecule has 1 aromatic rings. The van der Waals surface area contributed by atoms with Gasteiger partial charge < -0.3 is 9.84 Å². The number of phenols is 1. The number of methoxy groups -OCH3 is 1. The topological polar surface area (TPSA) is 32.7 Å². The molecule has 0 aromatic heterocycles. The molecule has 19 heavy (non-hydrogen) atoms. The van der Waals surface area contributed by atoms with Crippen molar-refractivity contribution in [3.8, 4) is 11.5 Å². The number of ether oxygens (including phenoxy) is 1. The lowest BCUT2D eigenvalue weighted by Gasteiger charge is -2.34. The normalized spacial score (nSPS) is 23.6. The van der Waals surface area contributed by atoms with Gasteiger partial charge in [-0.1, -0.05) is 31.9 Å². The zero-order chi connectivity index (χ0) is 13.8. The Labute approximate surface area is 116 Å². The first kappa shape index (κ1) is 14.2. The van der Waals surface area contributed by atoms with Gasteiger partial charge in [0.05, 0.1) is 7.11 Å². The first-order valence-corrected chi connectivity index (χ1v) is 7.17. The Morgan fingerprint density at radius 2 is 2.16 bits per heavy atom. The van der Waals surface area contributed by atoms with Crippen LogP contribution in [0.2, 0.25) is 0 Å². The molecule has 0 bridgehead atoms. The van der Waals surface area contributed by atoms with Crippen molar-refractivity contribution in [1.82, 2.24) is 4.90 Å². The Morgan fingerprint density at radius 3 is 2.84 bits per heavy atom. The molecule has 0 heterocycles. The lowest BCUT2D eigenvalue weighted by atomic mass is 9.86. The number of benzene rings is 1. The average molecular weight is 263 g/mol. The van der Waals surface area contributed by atoms with Crippen molar-refractivity contribution in [3.63, 3.8) is 0 Å². The van der Waals surface area contributed by atoms with E-state index in [0.717, 1.165) is 18.0 Å². The molecule has 3 nitrogen and oxygen atoms in total. The van der Waals surface area contributed by atoms with Crippen LogP contribution in [0.3, 0.4) is 0 Å². The van der Waals surface area contributed by atoms with Gasteiger partial charge in [-0.15, -0.1) is 0 Å². The predicted octanol–water partition coefficient (Wildman–Crippen LogP) is 3.41. The Kier molecular flexibility index (Phi) is 4.70. The van der Waals surface area contributed by atoms with E-state index in [-0.39, 0.29) is 5.75 Å². The summed E-state index contributed by atoms with van der Waals surface area (Å²) in [5, 5.41) is 10.1. The van der Waals surface area contributed by atoms with Gasteiger partial charge in [0.15, 0.2) is 11.5 Å². The molecule has 2 atom stereocenters. The van der Waals surface area contributed by atoms with Gasteiger partial charge in [-0.3, -0.25) is 4.90 Å². The van der Waals surface area contributed by atoms with E-state index in [2.05, 4.69) is 18.9 Å². The highest BCUT2D eigenvalue weighted by molar-refractivity contribution is 5.45. The van der Waals surface area contributed by atoms with Gasteiger partial charge in [0.2, 0.25) is 0 Å². The maximum Gasteiger partial charge on any atom is 0.162 e. The van der Waals surface area contributed by atoms with Crippen molar-refractivity contribution >= 4 is 0 Å². The van der Waals surface area contributed by atoms with Gasteiger partial charge in [0, 0.05) is 18.2 Å². The van der Waals surface area contributed by atoms with Crippen molar-refractivity contribution in [1.29, 1.82) is 0 Å². The van der Waals surface area contributed by atoms with E-state index >= 15 is 0 Å². The van der Waals surface area contributed by atoms with Gasteiger partial charge in [-0.25, -0.2) is 0 Å². The minimum atomic E-state index is 0.278. The molecule has 2 rings (SSSR count). The molecule has 1 fully saturated rings. The maximum atomic E-state index is 10.1. The van der Waals surface area contributed by atoms with E-state index in [1.165, 1.54) is 25.7 Å². The summed E-state index contributed by atoms with van der Waals surface area (Å²) in [5.74, 6) is 1.66. The quantitative estimate of drug-likeness (QED) is 0.903. The molecule has 0 radical (unpaired) electrons. The van der Waals surface area contributed by atoms with E-state index in [0.29, 0.717) is 11.8 Å². The van der Waals surface area contributed by atoms with Gasteiger partial charge in [-0.05, 0) is 31.9 Å². The Balaban J connectivity index is 2.04. The number of hydrogen-bond donors (Lipinski definition) is 1. The van der Waals surface area contributed by atoms with Crippen molar-refractivity contribution in [2.45, 2.75) is 45.2 Å². The smallest absolute Gasteiger partial charge is 0.162 e. The van der Waals surface area contributed by atoms with E-state index in [9.17, 15) is 5.11 Å². The molecule has 1 N–H and O–H groups in total. The van der Waals surface area contributed by atoms with Gasteiger partial charge in [0.1, 0.15) is 0 Å². The maximum absolute atomic E-state index is 10.1. The summed E-state index contributed by atoms with van der Waals surface area (Å²) < 4.78 is 5.16. The number of aromatic hydroxyl groups is 1. The fourth-order valence-corrected chi connectivity index (χ4v) is 3.06. The Morgan fingerprint density at radius 1 is 1.37 bits per heavy atom. The molecule has 1 aliphatic carbocycles. The minimum Gasteiger partial charge on any atom is -0.504 e.